The van der Waals surface area contributed by atoms with Gasteiger partial charge in [-0.05, 0) is 45.0 Å². The molecule has 1 aromatic carbocycles. The highest BCUT2D eigenvalue weighted by Crippen LogP contribution is 2.29. The number of rotatable bonds is 4. The van der Waals surface area contributed by atoms with Crippen LogP contribution in [-0.2, 0) is 0 Å². The molecule has 4 nitrogen and oxygen atoms in total. The lowest BCUT2D eigenvalue weighted by Crippen LogP contribution is -2.46. The Balaban J connectivity index is 2.16. The van der Waals surface area contributed by atoms with Crippen molar-refractivity contribution < 1.29 is 9.13 Å². The Labute approximate surface area is 120 Å². The van der Waals surface area contributed by atoms with Crippen LogP contribution >= 0.6 is 0 Å². The first-order valence-electron chi connectivity index (χ1n) is 7.09. The van der Waals surface area contributed by atoms with Crippen LogP contribution in [-0.4, -0.2) is 44.2 Å². The summed E-state index contributed by atoms with van der Waals surface area (Å²) in [4.78, 5) is 2.32. The van der Waals surface area contributed by atoms with Crippen LogP contribution in [0.1, 0.15) is 19.3 Å². The third kappa shape index (κ3) is 3.41. The quantitative estimate of drug-likeness (QED) is 0.887. The van der Waals surface area contributed by atoms with Crippen LogP contribution in [0, 0.1) is 5.82 Å². The second-order valence-electron chi connectivity index (χ2n) is 5.62. The number of likely N-dealkylation sites (tertiary alicyclic amines) is 1. The molecule has 1 aromatic rings. The van der Waals surface area contributed by atoms with Crippen molar-refractivity contribution in [2.75, 3.05) is 39.1 Å². The summed E-state index contributed by atoms with van der Waals surface area (Å²) in [6.07, 6.45) is 3.12. The van der Waals surface area contributed by atoms with Crippen molar-refractivity contribution in [1.29, 1.82) is 0 Å². The van der Waals surface area contributed by atoms with Crippen molar-refractivity contribution in [2.45, 2.75) is 24.8 Å². The van der Waals surface area contributed by atoms with Crippen LogP contribution in [0.3, 0.4) is 0 Å². The maximum absolute atomic E-state index is 13.5. The molecular formula is C15H24FN3O. The Morgan fingerprint density at radius 2 is 2.20 bits per heavy atom. The van der Waals surface area contributed by atoms with Gasteiger partial charge in [-0.15, -0.1) is 0 Å². The number of nitrogens with two attached hydrogens (primary N) is 1. The number of hydrogen-bond donors (Lipinski definition) is 2. The molecule has 0 radical (unpaired) electrons. The minimum atomic E-state index is -0.347. The van der Waals surface area contributed by atoms with E-state index in [0.717, 1.165) is 38.0 Å². The first-order chi connectivity index (χ1) is 9.58. The van der Waals surface area contributed by atoms with Gasteiger partial charge in [0.1, 0.15) is 0 Å². The highest BCUT2D eigenvalue weighted by Gasteiger charge is 2.30. The lowest BCUT2D eigenvalue weighted by Gasteiger charge is -2.34. The molecule has 0 aromatic heterocycles. The summed E-state index contributed by atoms with van der Waals surface area (Å²) in [5.41, 5.74) is 6.76. The molecule has 1 aliphatic rings. The molecule has 1 fully saturated rings. The Hall–Kier alpha value is -1.33. The fourth-order valence-corrected chi connectivity index (χ4v) is 2.75. The largest absolute Gasteiger partial charge is 0.494 e. The molecule has 3 N–H and O–H groups in total. The van der Waals surface area contributed by atoms with E-state index in [2.05, 4.69) is 17.3 Å². The number of anilines is 1. The molecule has 0 saturated carbocycles. The van der Waals surface area contributed by atoms with Gasteiger partial charge in [0.05, 0.1) is 12.6 Å². The fourth-order valence-electron chi connectivity index (χ4n) is 2.75. The average Bonchev–Trinajstić information content (AvgIpc) is 2.64. The van der Waals surface area contributed by atoms with Crippen molar-refractivity contribution in [1.82, 2.24) is 4.90 Å². The van der Waals surface area contributed by atoms with Crippen LogP contribution in [0.2, 0.25) is 0 Å². The maximum Gasteiger partial charge on any atom is 0.165 e. The second-order valence-corrected chi connectivity index (χ2v) is 5.62. The van der Waals surface area contributed by atoms with Crippen molar-refractivity contribution in [3.05, 3.63) is 24.0 Å². The van der Waals surface area contributed by atoms with E-state index in [-0.39, 0.29) is 17.1 Å². The van der Waals surface area contributed by atoms with Crippen LogP contribution in [0.15, 0.2) is 18.2 Å². The first kappa shape index (κ1) is 15.1. The summed E-state index contributed by atoms with van der Waals surface area (Å²) < 4.78 is 18.5. The van der Waals surface area contributed by atoms with Gasteiger partial charge >= 0.3 is 0 Å². The molecule has 1 unspecified atom stereocenters. The fraction of sp³-hybridized carbons (Fsp3) is 0.600. The second kappa shape index (κ2) is 6.41. The summed E-state index contributed by atoms with van der Waals surface area (Å²) in [5, 5.41) is 3.51. The number of methoxy groups -OCH3 is 1. The zero-order valence-corrected chi connectivity index (χ0v) is 12.3. The van der Waals surface area contributed by atoms with Crippen molar-refractivity contribution in [3.8, 4) is 5.75 Å². The minimum Gasteiger partial charge on any atom is -0.494 e. The highest BCUT2D eigenvalue weighted by atomic mass is 19.1. The maximum atomic E-state index is 13.5. The van der Waals surface area contributed by atoms with Crippen LogP contribution in [0.5, 0.6) is 5.75 Å². The lowest BCUT2D eigenvalue weighted by molar-refractivity contribution is 0.337. The topological polar surface area (TPSA) is 50.5 Å². The molecular weight excluding hydrogens is 257 g/mol. The van der Waals surface area contributed by atoms with E-state index in [1.807, 2.05) is 0 Å². The summed E-state index contributed by atoms with van der Waals surface area (Å²) in [6.45, 7) is 2.68. The molecule has 1 heterocycles. The van der Waals surface area contributed by atoms with Crippen molar-refractivity contribution in [3.63, 3.8) is 0 Å². The van der Waals surface area contributed by atoms with E-state index >= 15 is 0 Å². The van der Waals surface area contributed by atoms with Gasteiger partial charge < -0.3 is 20.7 Å². The zero-order chi connectivity index (χ0) is 14.6. The van der Waals surface area contributed by atoms with Gasteiger partial charge in [-0.3, -0.25) is 0 Å². The number of ether oxygens (including phenoxy) is 1. The molecule has 0 amide bonds. The smallest absolute Gasteiger partial charge is 0.165 e. The van der Waals surface area contributed by atoms with Crippen LogP contribution in [0.4, 0.5) is 10.1 Å². The lowest BCUT2D eigenvalue weighted by atomic mass is 9.90. The van der Waals surface area contributed by atoms with Crippen LogP contribution < -0.4 is 15.8 Å². The Morgan fingerprint density at radius 3 is 2.90 bits per heavy atom. The third-order valence-corrected chi connectivity index (χ3v) is 4.12. The Morgan fingerprint density at radius 1 is 1.40 bits per heavy atom. The van der Waals surface area contributed by atoms with Gasteiger partial charge in [0.25, 0.3) is 0 Å². The molecule has 0 aliphatic carbocycles. The van der Waals surface area contributed by atoms with Gasteiger partial charge in [0.15, 0.2) is 11.6 Å². The minimum absolute atomic E-state index is 0.117. The number of nitrogens with one attached hydrogen (secondary N) is 1. The van der Waals surface area contributed by atoms with Gasteiger partial charge in [-0.1, -0.05) is 0 Å². The predicted octanol–water partition coefficient (Wildman–Crippen LogP) is 2.06. The van der Waals surface area contributed by atoms with Crippen molar-refractivity contribution in [2.24, 2.45) is 5.73 Å². The summed E-state index contributed by atoms with van der Waals surface area (Å²) >= 11 is 0. The molecule has 0 bridgehead atoms. The average molecular weight is 281 g/mol. The SMILES string of the molecule is COc1cc(NC2(CN)CCCN(C)CC2)ccc1F. The molecule has 0 spiro atoms. The normalized spacial score (nSPS) is 24.2. The Bertz CT molecular complexity index is 455. The van der Waals surface area contributed by atoms with E-state index in [4.69, 9.17) is 10.5 Å². The van der Waals surface area contributed by atoms with Gasteiger partial charge in [0, 0.05) is 24.8 Å². The number of hydrogen-bond acceptors (Lipinski definition) is 4. The standard InChI is InChI=1S/C15H24FN3O/c1-19-8-3-6-15(11-17,7-9-19)18-12-4-5-13(16)14(10-12)20-2/h4-5,10,18H,3,6-9,11,17H2,1-2H3. The van der Waals surface area contributed by atoms with E-state index in [1.165, 1.54) is 13.2 Å². The van der Waals surface area contributed by atoms with E-state index in [9.17, 15) is 4.39 Å². The van der Waals surface area contributed by atoms with Gasteiger partial charge in [-0.2, -0.15) is 0 Å². The third-order valence-electron chi connectivity index (χ3n) is 4.12. The van der Waals surface area contributed by atoms with Crippen molar-refractivity contribution >= 4 is 5.69 Å². The zero-order valence-electron chi connectivity index (χ0n) is 12.3. The molecule has 1 saturated heterocycles. The summed E-state index contributed by atoms with van der Waals surface area (Å²) in [7, 11) is 3.61. The van der Waals surface area contributed by atoms with Gasteiger partial charge in [-0.25, -0.2) is 4.39 Å². The highest BCUT2D eigenvalue weighted by molar-refractivity contribution is 5.51. The predicted molar refractivity (Wildman–Crippen MR) is 79.7 cm³/mol. The molecule has 1 aliphatic heterocycles. The number of nitrogens with zero attached hydrogens (tertiary/aromatic N) is 1. The summed E-state index contributed by atoms with van der Waals surface area (Å²) in [6, 6.07) is 4.86. The monoisotopic (exact) mass is 281 g/mol. The molecule has 5 heteroatoms. The Kier molecular flexibility index (Phi) is 4.83. The van der Waals surface area contributed by atoms with E-state index in [0.29, 0.717) is 6.54 Å². The summed E-state index contributed by atoms with van der Waals surface area (Å²) in [5.74, 6) is -0.0895. The van der Waals surface area contributed by atoms with E-state index < -0.39 is 0 Å². The van der Waals surface area contributed by atoms with Crippen LogP contribution in [0.25, 0.3) is 0 Å². The first-order valence-corrected chi connectivity index (χ1v) is 7.09. The molecule has 2 rings (SSSR count). The van der Waals surface area contributed by atoms with Gasteiger partial charge in [0.2, 0.25) is 0 Å². The molecule has 112 valence electrons. The number of benzene rings is 1. The molecule has 1 atom stereocenters. The van der Waals surface area contributed by atoms with E-state index in [1.54, 1.807) is 12.1 Å². The molecule has 20 heavy (non-hydrogen) atoms. The number of halogens is 1.